The number of Topliss-reactive ketones (excluding diaryl/α,β-unsaturated/α-hetero) is 1. The van der Waals surface area contributed by atoms with Gasteiger partial charge in [0.25, 0.3) is 0 Å². The zero-order chi connectivity index (χ0) is 20.3. The van der Waals surface area contributed by atoms with Gasteiger partial charge in [-0.25, -0.2) is 0 Å². The van der Waals surface area contributed by atoms with Gasteiger partial charge in [-0.1, -0.05) is 38.1 Å². The number of likely N-dealkylation sites (N-methyl/N-ethyl adjacent to an activating group) is 1. The SMILES string of the molecule is CN1/C(=C\C(=O)COC(=O)CCC(=O)c2cccs2)C(C)(C)c2ccccc21. The van der Waals surface area contributed by atoms with E-state index in [-0.39, 0.29) is 36.4 Å². The predicted molar refractivity (Wildman–Crippen MR) is 110 cm³/mol. The first-order valence-electron chi connectivity index (χ1n) is 9.11. The van der Waals surface area contributed by atoms with Crippen LogP contribution in [0, 0.1) is 0 Å². The number of ketones is 2. The second-order valence-electron chi connectivity index (χ2n) is 7.26. The first-order chi connectivity index (χ1) is 13.3. The summed E-state index contributed by atoms with van der Waals surface area (Å²) >= 11 is 1.35. The van der Waals surface area contributed by atoms with Gasteiger partial charge in [0, 0.05) is 36.3 Å². The Morgan fingerprint density at radius 1 is 1.11 bits per heavy atom. The zero-order valence-electron chi connectivity index (χ0n) is 16.2. The molecule has 0 radical (unpaired) electrons. The molecule has 0 aliphatic carbocycles. The molecule has 0 atom stereocenters. The van der Waals surface area contributed by atoms with E-state index in [1.165, 1.54) is 11.3 Å². The van der Waals surface area contributed by atoms with Crippen molar-refractivity contribution in [2.45, 2.75) is 32.1 Å². The third kappa shape index (κ3) is 4.07. The second kappa shape index (κ2) is 8.10. The van der Waals surface area contributed by atoms with Crippen LogP contribution in [0.1, 0.15) is 41.9 Å². The summed E-state index contributed by atoms with van der Waals surface area (Å²) in [5, 5.41) is 1.82. The molecule has 1 aromatic carbocycles. The molecule has 1 aliphatic heterocycles. The number of ether oxygens (including phenoxy) is 1. The average molecular weight is 397 g/mol. The van der Waals surface area contributed by atoms with Gasteiger partial charge in [0.2, 0.25) is 0 Å². The lowest BCUT2D eigenvalue weighted by Crippen LogP contribution is -2.25. The van der Waals surface area contributed by atoms with Gasteiger partial charge in [0.1, 0.15) is 0 Å². The molecule has 0 fully saturated rings. The summed E-state index contributed by atoms with van der Waals surface area (Å²) in [5.41, 5.74) is 2.77. The number of para-hydroxylation sites is 1. The van der Waals surface area contributed by atoms with Gasteiger partial charge in [-0.15, -0.1) is 11.3 Å². The van der Waals surface area contributed by atoms with E-state index in [9.17, 15) is 14.4 Å². The second-order valence-corrected chi connectivity index (χ2v) is 8.21. The lowest BCUT2D eigenvalue weighted by Gasteiger charge is -2.23. The van der Waals surface area contributed by atoms with Crippen molar-refractivity contribution in [2.75, 3.05) is 18.6 Å². The molecule has 3 rings (SSSR count). The van der Waals surface area contributed by atoms with Crippen LogP contribution in [0.25, 0.3) is 0 Å². The first-order valence-corrected chi connectivity index (χ1v) is 9.99. The molecule has 1 aromatic heterocycles. The fourth-order valence-electron chi connectivity index (χ4n) is 3.45. The highest BCUT2D eigenvalue weighted by Gasteiger charge is 2.38. The molecule has 0 saturated heterocycles. The van der Waals surface area contributed by atoms with Gasteiger partial charge in [0.05, 0.1) is 11.3 Å². The normalized spacial score (nSPS) is 16.1. The Balaban J connectivity index is 1.55. The highest BCUT2D eigenvalue weighted by Crippen LogP contribution is 2.46. The minimum absolute atomic E-state index is 0.0303. The van der Waals surface area contributed by atoms with Crippen LogP contribution in [0.4, 0.5) is 5.69 Å². The van der Waals surface area contributed by atoms with Crippen molar-refractivity contribution >= 4 is 34.6 Å². The number of benzene rings is 1. The number of anilines is 1. The van der Waals surface area contributed by atoms with Gasteiger partial charge in [-0.2, -0.15) is 0 Å². The number of carbonyl (C=O) groups excluding carboxylic acids is 3. The fraction of sp³-hybridized carbons (Fsp3) is 0.318. The summed E-state index contributed by atoms with van der Waals surface area (Å²) < 4.78 is 5.06. The smallest absolute Gasteiger partial charge is 0.306 e. The van der Waals surface area contributed by atoms with Crippen LogP contribution < -0.4 is 4.90 Å². The Kier molecular flexibility index (Phi) is 5.79. The third-order valence-electron chi connectivity index (χ3n) is 4.97. The zero-order valence-corrected chi connectivity index (χ0v) is 17.0. The monoisotopic (exact) mass is 397 g/mol. The van der Waals surface area contributed by atoms with Gasteiger partial charge in [0.15, 0.2) is 18.2 Å². The number of esters is 1. The summed E-state index contributed by atoms with van der Waals surface area (Å²) in [6, 6.07) is 11.6. The van der Waals surface area contributed by atoms with E-state index in [0.29, 0.717) is 4.88 Å². The number of hydrogen-bond donors (Lipinski definition) is 0. The van der Waals surface area contributed by atoms with Crippen LogP contribution in [0.15, 0.2) is 53.6 Å². The van der Waals surface area contributed by atoms with Crippen LogP contribution in [0.2, 0.25) is 0 Å². The molecular formula is C22H23NO4S. The van der Waals surface area contributed by atoms with Crippen molar-refractivity contribution in [3.8, 4) is 0 Å². The molecule has 0 saturated carbocycles. The number of allylic oxidation sites excluding steroid dienone is 1. The molecule has 5 nitrogen and oxygen atoms in total. The molecule has 0 unspecified atom stereocenters. The molecule has 2 aromatic rings. The lowest BCUT2D eigenvalue weighted by molar-refractivity contribution is -0.146. The van der Waals surface area contributed by atoms with Gasteiger partial charge < -0.3 is 9.64 Å². The molecule has 146 valence electrons. The Morgan fingerprint density at radius 2 is 1.86 bits per heavy atom. The minimum Gasteiger partial charge on any atom is -0.457 e. The predicted octanol–water partition coefficient (Wildman–Crippen LogP) is 4.13. The van der Waals surface area contributed by atoms with E-state index in [0.717, 1.165) is 16.9 Å². The van der Waals surface area contributed by atoms with Crippen molar-refractivity contribution in [3.63, 3.8) is 0 Å². The molecule has 28 heavy (non-hydrogen) atoms. The number of hydrogen-bond acceptors (Lipinski definition) is 6. The van der Waals surface area contributed by atoms with E-state index in [4.69, 9.17) is 4.74 Å². The maximum absolute atomic E-state index is 12.4. The Morgan fingerprint density at radius 3 is 2.54 bits per heavy atom. The number of thiophene rings is 1. The first kappa shape index (κ1) is 20.0. The number of nitrogens with zero attached hydrogens (tertiary/aromatic N) is 1. The van der Waals surface area contributed by atoms with Crippen LogP contribution in [0.3, 0.4) is 0 Å². The molecule has 0 bridgehead atoms. The topological polar surface area (TPSA) is 63.7 Å². The van der Waals surface area contributed by atoms with E-state index >= 15 is 0 Å². The summed E-state index contributed by atoms with van der Waals surface area (Å²) in [5.74, 6) is -0.910. The summed E-state index contributed by atoms with van der Waals surface area (Å²) in [4.78, 5) is 38.8. The Labute approximate surface area is 168 Å². The number of rotatable bonds is 7. The standard InChI is InChI=1S/C22H23NO4S/c1-22(2)16-7-4-5-8-17(16)23(3)20(22)13-15(24)14-27-21(26)11-10-18(25)19-9-6-12-28-19/h4-9,12-13H,10-11,14H2,1-3H3/b20-13-. The van der Waals surface area contributed by atoms with E-state index in [2.05, 4.69) is 19.9 Å². The Hall–Kier alpha value is -2.73. The Bertz CT molecular complexity index is 928. The van der Waals surface area contributed by atoms with Crippen molar-refractivity contribution in [2.24, 2.45) is 0 Å². The van der Waals surface area contributed by atoms with Crippen molar-refractivity contribution in [1.29, 1.82) is 0 Å². The van der Waals surface area contributed by atoms with Gasteiger partial charge in [-0.3, -0.25) is 14.4 Å². The summed E-state index contributed by atoms with van der Waals surface area (Å²) in [6.07, 6.45) is 1.60. The molecule has 0 N–H and O–H groups in total. The molecule has 1 aliphatic rings. The van der Waals surface area contributed by atoms with Crippen molar-refractivity contribution in [1.82, 2.24) is 0 Å². The third-order valence-corrected chi connectivity index (χ3v) is 5.88. The number of carbonyl (C=O) groups is 3. The molecule has 2 heterocycles. The van der Waals surface area contributed by atoms with Crippen LogP contribution in [-0.2, 0) is 19.7 Å². The highest BCUT2D eigenvalue weighted by atomic mass is 32.1. The van der Waals surface area contributed by atoms with Gasteiger partial charge >= 0.3 is 5.97 Å². The van der Waals surface area contributed by atoms with E-state index in [1.807, 2.05) is 35.5 Å². The molecular weight excluding hydrogens is 374 g/mol. The molecule has 6 heteroatoms. The minimum atomic E-state index is -0.543. The van der Waals surface area contributed by atoms with E-state index in [1.54, 1.807) is 18.2 Å². The largest absolute Gasteiger partial charge is 0.457 e. The van der Waals surface area contributed by atoms with Crippen molar-refractivity contribution in [3.05, 3.63) is 64.0 Å². The van der Waals surface area contributed by atoms with Gasteiger partial charge in [-0.05, 0) is 23.1 Å². The summed E-state index contributed by atoms with van der Waals surface area (Å²) in [7, 11) is 1.93. The van der Waals surface area contributed by atoms with Crippen molar-refractivity contribution < 1.29 is 19.1 Å². The molecule has 0 amide bonds. The van der Waals surface area contributed by atoms with Crippen LogP contribution in [0.5, 0.6) is 0 Å². The maximum atomic E-state index is 12.4. The maximum Gasteiger partial charge on any atom is 0.306 e. The lowest BCUT2D eigenvalue weighted by atomic mass is 9.83. The quantitative estimate of drug-likeness (QED) is 0.399. The molecule has 0 spiro atoms. The van der Waals surface area contributed by atoms with Crippen LogP contribution in [-0.4, -0.2) is 31.2 Å². The fourth-order valence-corrected chi connectivity index (χ4v) is 4.15. The highest BCUT2D eigenvalue weighted by molar-refractivity contribution is 7.12. The average Bonchev–Trinajstić information content (AvgIpc) is 3.28. The van der Waals surface area contributed by atoms with Crippen LogP contribution >= 0.6 is 11.3 Å². The van der Waals surface area contributed by atoms with E-state index < -0.39 is 5.97 Å². The number of fused-ring (bicyclic) bond motifs is 1. The summed E-state index contributed by atoms with van der Waals surface area (Å²) in [6.45, 7) is 3.81.